The second kappa shape index (κ2) is 7.98. The molecular weight excluding hydrogens is 346 g/mol. The zero-order valence-electron chi connectivity index (χ0n) is 14.9. The molecule has 138 valence electrons. The summed E-state index contributed by atoms with van der Waals surface area (Å²) < 4.78 is 4.82. The monoisotopic (exact) mass is 365 g/mol. The van der Waals surface area contributed by atoms with Crippen molar-refractivity contribution in [1.29, 1.82) is 5.26 Å². The van der Waals surface area contributed by atoms with Gasteiger partial charge in [0.05, 0.1) is 29.1 Å². The smallest absolute Gasteiger partial charge is 0.323 e. The summed E-state index contributed by atoms with van der Waals surface area (Å²) in [7, 11) is 1.35. The number of nitro groups is 1. The molecule has 0 unspecified atom stereocenters. The second-order valence-corrected chi connectivity index (χ2v) is 6.41. The van der Waals surface area contributed by atoms with Gasteiger partial charge in [-0.2, -0.15) is 5.26 Å². The number of ether oxygens (including phenoxy) is 1. The van der Waals surface area contributed by atoms with E-state index in [1.807, 2.05) is 17.0 Å². The molecule has 7 nitrogen and oxygen atoms in total. The first-order valence-electron chi connectivity index (χ1n) is 8.64. The quantitative estimate of drug-likeness (QED) is 0.349. The van der Waals surface area contributed by atoms with Gasteiger partial charge >= 0.3 is 5.97 Å². The maximum atomic E-state index is 11.9. The summed E-state index contributed by atoms with van der Waals surface area (Å²) in [5.74, 6) is -0.318. The zero-order valence-corrected chi connectivity index (χ0v) is 14.9. The van der Waals surface area contributed by atoms with Crippen LogP contribution in [-0.4, -0.2) is 42.0 Å². The van der Waals surface area contributed by atoms with Gasteiger partial charge < -0.3 is 4.74 Å². The zero-order chi connectivity index (χ0) is 19.4. The van der Waals surface area contributed by atoms with E-state index >= 15 is 0 Å². The van der Waals surface area contributed by atoms with Gasteiger partial charge in [-0.3, -0.25) is 19.8 Å². The summed E-state index contributed by atoms with van der Waals surface area (Å²) in [5, 5.41) is 22.5. The molecule has 2 aromatic rings. The number of rotatable bonds is 5. The van der Waals surface area contributed by atoms with Crippen LogP contribution in [0.3, 0.4) is 0 Å². The number of carbonyl (C=O) groups is 1. The third kappa shape index (κ3) is 3.81. The lowest BCUT2D eigenvalue weighted by molar-refractivity contribution is -0.383. The molecule has 0 saturated carbocycles. The minimum absolute atomic E-state index is 0.0215. The van der Waals surface area contributed by atoms with Crippen molar-refractivity contribution in [2.24, 2.45) is 0 Å². The predicted molar refractivity (Wildman–Crippen MR) is 101 cm³/mol. The lowest BCUT2D eigenvalue weighted by Gasteiger charge is -2.21. The Labute approximate surface area is 156 Å². The van der Waals surface area contributed by atoms with Crippen LogP contribution in [0.15, 0.2) is 42.0 Å². The minimum Gasteiger partial charge on any atom is -0.468 e. The molecule has 0 bridgehead atoms. The van der Waals surface area contributed by atoms with E-state index in [1.165, 1.54) is 13.2 Å². The molecule has 1 heterocycles. The molecule has 7 heteroatoms. The first-order chi connectivity index (χ1) is 13.0. The molecule has 0 radical (unpaired) electrons. The summed E-state index contributed by atoms with van der Waals surface area (Å²) in [6.45, 7) is 0.929. The number of benzene rings is 2. The Hall–Kier alpha value is -3.24. The Balaban J connectivity index is 1.97. The Kier molecular flexibility index (Phi) is 5.48. The Morgan fingerprint density at radius 2 is 2.19 bits per heavy atom. The highest BCUT2D eigenvalue weighted by atomic mass is 16.6. The number of nitrogens with zero attached hydrogens (tertiary/aromatic N) is 3. The number of likely N-dealkylation sites (tertiary alicyclic amines) is 1. The maximum Gasteiger partial charge on any atom is 0.323 e. The number of methoxy groups -OCH3 is 1. The first-order valence-corrected chi connectivity index (χ1v) is 8.64. The summed E-state index contributed by atoms with van der Waals surface area (Å²) >= 11 is 0. The molecular formula is C20H19N3O4. The van der Waals surface area contributed by atoms with Crippen LogP contribution in [0.5, 0.6) is 0 Å². The molecule has 0 aliphatic carbocycles. The Morgan fingerprint density at radius 1 is 1.41 bits per heavy atom. The van der Waals surface area contributed by atoms with E-state index in [0.717, 1.165) is 11.8 Å². The normalized spacial score (nSPS) is 17.6. The van der Waals surface area contributed by atoms with Gasteiger partial charge in [-0.25, -0.2) is 0 Å². The maximum absolute atomic E-state index is 11.9. The highest BCUT2D eigenvalue weighted by Gasteiger charge is 2.32. The topological polar surface area (TPSA) is 96.5 Å². The lowest BCUT2D eigenvalue weighted by atomic mass is 10.0. The number of hydrogen-bond donors (Lipinski definition) is 0. The number of hydrogen-bond acceptors (Lipinski definition) is 6. The van der Waals surface area contributed by atoms with Gasteiger partial charge in [0.15, 0.2) is 0 Å². The third-order valence-corrected chi connectivity index (χ3v) is 4.80. The number of carbonyl (C=O) groups excluding carboxylic acids is 1. The minimum atomic E-state index is -0.420. The molecule has 0 aromatic heterocycles. The van der Waals surface area contributed by atoms with Crippen LogP contribution in [0, 0.1) is 21.4 Å². The van der Waals surface area contributed by atoms with Crippen molar-refractivity contribution in [3.8, 4) is 6.07 Å². The fourth-order valence-corrected chi connectivity index (χ4v) is 3.53. The fourth-order valence-electron chi connectivity index (χ4n) is 3.53. The van der Waals surface area contributed by atoms with Crippen LogP contribution in [-0.2, 0) is 9.53 Å². The van der Waals surface area contributed by atoms with Gasteiger partial charge in [0.25, 0.3) is 5.69 Å². The van der Waals surface area contributed by atoms with Gasteiger partial charge in [-0.15, -0.1) is 0 Å². The predicted octanol–water partition coefficient (Wildman–Crippen LogP) is 3.29. The average molecular weight is 365 g/mol. The number of esters is 1. The number of fused-ring (bicyclic) bond motifs is 1. The molecule has 1 fully saturated rings. The van der Waals surface area contributed by atoms with Crippen LogP contribution < -0.4 is 0 Å². The average Bonchev–Trinajstić information content (AvgIpc) is 3.14. The van der Waals surface area contributed by atoms with E-state index < -0.39 is 4.92 Å². The van der Waals surface area contributed by atoms with Crippen molar-refractivity contribution in [2.45, 2.75) is 18.9 Å². The molecule has 1 atom stereocenters. The number of nitriles is 1. The SMILES string of the molecule is COC(=O)[C@@H]1CCCN1C/C(C#N)=C/c1ccc2ccccc2c1[N+](=O)[O-]. The van der Waals surface area contributed by atoms with E-state index in [1.54, 1.807) is 24.3 Å². The fraction of sp³-hybridized carbons (Fsp3) is 0.300. The van der Waals surface area contributed by atoms with Gasteiger partial charge in [0, 0.05) is 12.1 Å². The molecule has 3 rings (SSSR count). The largest absolute Gasteiger partial charge is 0.468 e. The van der Waals surface area contributed by atoms with Gasteiger partial charge in [-0.05, 0) is 43.0 Å². The molecule has 2 aromatic carbocycles. The Bertz CT molecular complexity index is 961. The van der Waals surface area contributed by atoms with Crippen LogP contribution in [0.25, 0.3) is 16.8 Å². The van der Waals surface area contributed by atoms with Gasteiger partial charge in [0.2, 0.25) is 0 Å². The van der Waals surface area contributed by atoms with E-state index in [0.29, 0.717) is 29.5 Å². The molecule has 1 aliphatic heterocycles. The van der Waals surface area contributed by atoms with Crippen molar-refractivity contribution in [2.75, 3.05) is 20.2 Å². The van der Waals surface area contributed by atoms with E-state index in [4.69, 9.17) is 4.74 Å². The standard InChI is InChI=1S/C20H19N3O4/c1-27-20(24)18-7-4-10-22(18)13-14(12-21)11-16-9-8-15-5-2-3-6-17(15)19(16)23(25)26/h2-3,5-6,8-9,11,18H,4,7,10,13H2,1H3/b14-11+/t18-/m0/s1. The van der Waals surface area contributed by atoms with Crippen LogP contribution >= 0.6 is 0 Å². The van der Waals surface area contributed by atoms with Crippen LogP contribution in [0.2, 0.25) is 0 Å². The Morgan fingerprint density at radius 3 is 2.89 bits per heavy atom. The molecule has 0 N–H and O–H groups in total. The number of nitro benzene ring substituents is 1. The molecule has 0 spiro atoms. The van der Waals surface area contributed by atoms with Crippen molar-refractivity contribution < 1.29 is 14.5 Å². The van der Waals surface area contributed by atoms with E-state index in [-0.39, 0.29) is 24.2 Å². The molecule has 0 amide bonds. The summed E-state index contributed by atoms with van der Waals surface area (Å²) in [6, 6.07) is 12.3. The van der Waals surface area contributed by atoms with Crippen molar-refractivity contribution in [1.82, 2.24) is 4.90 Å². The lowest BCUT2D eigenvalue weighted by Crippen LogP contribution is -2.37. The summed E-state index contributed by atoms with van der Waals surface area (Å²) in [6.07, 6.45) is 3.06. The molecule has 1 aliphatic rings. The first kappa shape index (κ1) is 18.5. The van der Waals surface area contributed by atoms with Gasteiger partial charge in [0.1, 0.15) is 6.04 Å². The van der Waals surface area contributed by atoms with Crippen LogP contribution in [0.4, 0.5) is 5.69 Å². The van der Waals surface area contributed by atoms with Crippen molar-refractivity contribution in [3.05, 3.63) is 57.6 Å². The summed E-state index contributed by atoms with van der Waals surface area (Å²) in [5.41, 5.74) is 0.722. The van der Waals surface area contributed by atoms with E-state index in [2.05, 4.69) is 6.07 Å². The molecule has 1 saturated heterocycles. The highest BCUT2D eigenvalue weighted by molar-refractivity contribution is 5.94. The third-order valence-electron chi connectivity index (χ3n) is 4.80. The van der Waals surface area contributed by atoms with Crippen LogP contribution in [0.1, 0.15) is 18.4 Å². The van der Waals surface area contributed by atoms with Gasteiger partial charge in [-0.1, -0.05) is 24.3 Å². The van der Waals surface area contributed by atoms with Crippen molar-refractivity contribution >= 4 is 28.5 Å². The second-order valence-electron chi connectivity index (χ2n) is 6.41. The van der Waals surface area contributed by atoms with E-state index in [9.17, 15) is 20.2 Å². The van der Waals surface area contributed by atoms with Crippen molar-refractivity contribution in [3.63, 3.8) is 0 Å². The molecule has 27 heavy (non-hydrogen) atoms. The highest BCUT2D eigenvalue weighted by Crippen LogP contribution is 2.31. The summed E-state index contributed by atoms with van der Waals surface area (Å²) in [4.78, 5) is 25.0.